The summed E-state index contributed by atoms with van der Waals surface area (Å²) in [7, 11) is -3.30. The number of H-pyrrole nitrogens is 1. The van der Waals surface area contributed by atoms with Gasteiger partial charge in [0.1, 0.15) is 12.4 Å². The standard InChI is InChI=1S/C18H21N3O4S2/c1-12-3-8-16-17(9-12)20-18(19-16)26-11-14(22)10-25-15-6-4-13(5-7-15)21-27(2,23)24/h3-9,14,21-22H,10-11H2,1-2H3,(H,19,20)/t14-/m1/s1. The molecule has 0 aliphatic heterocycles. The minimum Gasteiger partial charge on any atom is -0.491 e. The fraction of sp³-hybridized carbons (Fsp3) is 0.278. The molecule has 1 aromatic heterocycles. The Bertz CT molecular complexity index is 1020. The van der Waals surface area contributed by atoms with Crippen molar-refractivity contribution in [2.24, 2.45) is 0 Å². The molecule has 27 heavy (non-hydrogen) atoms. The largest absolute Gasteiger partial charge is 0.491 e. The number of fused-ring (bicyclic) bond motifs is 1. The van der Waals surface area contributed by atoms with Gasteiger partial charge in [-0.25, -0.2) is 13.4 Å². The van der Waals surface area contributed by atoms with Gasteiger partial charge in [0.15, 0.2) is 5.16 Å². The second kappa shape index (κ2) is 8.20. The molecule has 3 N–H and O–H groups in total. The van der Waals surface area contributed by atoms with Gasteiger partial charge in [-0.15, -0.1) is 0 Å². The number of hydrogen-bond acceptors (Lipinski definition) is 6. The lowest BCUT2D eigenvalue weighted by Gasteiger charge is -2.12. The van der Waals surface area contributed by atoms with Crippen LogP contribution in [0.25, 0.3) is 11.0 Å². The molecule has 0 spiro atoms. The molecular formula is C18H21N3O4S2. The van der Waals surface area contributed by atoms with Crippen LogP contribution >= 0.6 is 11.8 Å². The summed E-state index contributed by atoms with van der Waals surface area (Å²) in [6.07, 6.45) is 0.424. The van der Waals surface area contributed by atoms with Gasteiger partial charge in [0.05, 0.1) is 23.4 Å². The maximum absolute atomic E-state index is 11.2. The summed E-state index contributed by atoms with van der Waals surface area (Å²) in [6.45, 7) is 2.16. The van der Waals surface area contributed by atoms with Crippen LogP contribution in [-0.2, 0) is 10.0 Å². The van der Waals surface area contributed by atoms with Crippen molar-refractivity contribution in [2.45, 2.75) is 18.2 Å². The second-order valence-electron chi connectivity index (χ2n) is 6.24. The first-order valence-corrected chi connectivity index (χ1v) is 11.1. The van der Waals surface area contributed by atoms with Gasteiger partial charge in [-0.1, -0.05) is 17.8 Å². The number of nitrogens with one attached hydrogen (secondary N) is 2. The monoisotopic (exact) mass is 407 g/mol. The number of aromatic nitrogens is 2. The van der Waals surface area contributed by atoms with E-state index >= 15 is 0 Å². The average Bonchev–Trinajstić information content (AvgIpc) is 3.00. The van der Waals surface area contributed by atoms with E-state index in [4.69, 9.17) is 4.74 Å². The van der Waals surface area contributed by atoms with Gasteiger partial charge >= 0.3 is 0 Å². The van der Waals surface area contributed by atoms with Crippen LogP contribution in [0, 0.1) is 6.92 Å². The van der Waals surface area contributed by atoms with Crippen molar-refractivity contribution in [1.82, 2.24) is 9.97 Å². The van der Waals surface area contributed by atoms with Crippen molar-refractivity contribution in [3.8, 4) is 5.75 Å². The molecule has 3 aromatic rings. The molecule has 7 nitrogen and oxygen atoms in total. The number of aromatic amines is 1. The molecule has 0 saturated heterocycles. The molecule has 1 heterocycles. The fourth-order valence-corrected chi connectivity index (χ4v) is 3.77. The van der Waals surface area contributed by atoms with Gasteiger partial charge < -0.3 is 14.8 Å². The van der Waals surface area contributed by atoms with Gasteiger partial charge in [0, 0.05) is 11.4 Å². The number of aryl methyl sites for hydroxylation is 1. The van der Waals surface area contributed by atoms with E-state index in [9.17, 15) is 13.5 Å². The Balaban J connectivity index is 1.48. The number of sulfonamides is 1. The molecule has 0 aliphatic rings. The summed E-state index contributed by atoms with van der Waals surface area (Å²) in [5.74, 6) is 0.990. The van der Waals surface area contributed by atoms with Crippen molar-refractivity contribution in [3.63, 3.8) is 0 Å². The minimum absolute atomic E-state index is 0.130. The molecule has 9 heteroatoms. The lowest BCUT2D eigenvalue weighted by Crippen LogP contribution is -2.20. The maximum atomic E-state index is 11.2. The molecule has 0 fully saturated rings. The second-order valence-corrected chi connectivity index (χ2v) is 8.99. The van der Waals surface area contributed by atoms with Crippen LogP contribution in [0.4, 0.5) is 5.69 Å². The van der Waals surface area contributed by atoms with Crippen LogP contribution in [0.15, 0.2) is 47.6 Å². The third kappa shape index (κ3) is 5.88. The summed E-state index contributed by atoms with van der Waals surface area (Å²) < 4.78 is 30.3. The third-order valence-electron chi connectivity index (χ3n) is 3.63. The average molecular weight is 408 g/mol. The molecule has 3 rings (SSSR count). The number of benzene rings is 2. The van der Waals surface area contributed by atoms with Gasteiger partial charge in [-0.05, 0) is 48.9 Å². The van der Waals surface area contributed by atoms with Gasteiger partial charge in [0.2, 0.25) is 10.0 Å². The van der Waals surface area contributed by atoms with Crippen molar-refractivity contribution in [1.29, 1.82) is 0 Å². The first-order chi connectivity index (χ1) is 12.8. The Kier molecular flexibility index (Phi) is 5.93. The molecule has 0 radical (unpaired) electrons. The summed E-state index contributed by atoms with van der Waals surface area (Å²) >= 11 is 1.43. The van der Waals surface area contributed by atoms with Crippen LogP contribution in [0.1, 0.15) is 5.56 Å². The summed E-state index contributed by atoms with van der Waals surface area (Å²) in [5.41, 5.74) is 3.50. The first-order valence-electron chi connectivity index (χ1n) is 8.26. The van der Waals surface area contributed by atoms with E-state index in [1.807, 2.05) is 25.1 Å². The Morgan fingerprint density at radius 2 is 2.00 bits per heavy atom. The smallest absolute Gasteiger partial charge is 0.229 e. The molecule has 0 amide bonds. The zero-order valence-electron chi connectivity index (χ0n) is 15.0. The van der Waals surface area contributed by atoms with E-state index in [1.54, 1.807) is 24.3 Å². The zero-order valence-corrected chi connectivity index (χ0v) is 16.6. The number of hydrogen-bond donors (Lipinski definition) is 3. The number of aliphatic hydroxyl groups excluding tert-OH is 1. The van der Waals surface area contributed by atoms with Crippen molar-refractivity contribution in [3.05, 3.63) is 48.0 Å². The normalized spacial score (nSPS) is 12.9. The first kappa shape index (κ1) is 19.5. The number of aliphatic hydroxyl groups is 1. The van der Waals surface area contributed by atoms with E-state index < -0.39 is 16.1 Å². The van der Waals surface area contributed by atoms with Crippen molar-refractivity contribution < 1.29 is 18.3 Å². The van der Waals surface area contributed by atoms with E-state index in [2.05, 4.69) is 14.7 Å². The summed E-state index contributed by atoms with van der Waals surface area (Å²) in [6, 6.07) is 12.5. The fourth-order valence-electron chi connectivity index (χ4n) is 2.42. The quantitative estimate of drug-likeness (QED) is 0.496. The van der Waals surface area contributed by atoms with Crippen molar-refractivity contribution in [2.75, 3.05) is 23.3 Å². The Morgan fingerprint density at radius 3 is 2.70 bits per heavy atom. The summed E-state index contributed by atoms with van der Waals surface area (Å²) in [5, 5.41) is 10.9. The number of anilines is 1. The number of nitrogens with zero attached hydrogens (tertiary/aromatic N) is 1. The molecule has 0 saturated carbocycles. The summed E-state index contributed by atoms with van der Waals surface area (Å²) in [4.78, 5) is 7.72. The number of rotatable bonds is 8. The lowest BCUT2D eigenvalue weighted by atomic mass is 10.2. The molecule has 0 unspecified atom stereocenters. The van der Waals surface area contributed by atoms with E-state index in [0.717, 1.165) is 28.0 Å². The highest BCUT2D eigenvalue weighted by Gasteiger charge is 2.10. The number of imidazole rings is 1. The molecule has 0 aliphatic carbocycles. The lowest BCUT2D eigenvalue weighted by molar-refractivity contribution is 0.126. The molecule has 1 atom stereocenters. The molecular weight excluding hydrogens is 386 g/mol. The zero-order chi connectivity index (χ0) is 19.4. The van der Waals surface area contributed by atoms with E-state index in [1.165, 1.54) is 11.8 Å². The number of thioether (sulfide) groups is 1. The van der Waals surface area contributed by atoms with Crippen LogP contribution in [0.2, 0.25) is 0 Å². The SMILES string of the molecule is Cc1ccc2nc(SC[C@H](O)COc3ccc(NS(C)(=O)=O)cc3)[nH]c2c1. The predicted molar refractivity (Wildman–Crippen MR) is 108 cm³/mol. The number of ether oxygens (including phenoxy) is 1. The molecule has 2 aromatic carbocycles. The Hall–Kier alpha value is -2.23. The van der Waals surface area contributed by atoms with E-state index in [0.29, 0.717) is 17.2 Å². The Labute approximate surface area is 162 Å². The van der Waals surface area contributed by atoms with Gasteiger partial charge in [0.25, 0.3) is 0 Å². The van der Waals surface area contributed by atoms with Crippen LogP contribution in [-0.4, -0.2) is 48.2 Å². The highest BCUT2D eigenvalue weighted by molar-refractivity contribution is 7.99. The highest BCUT2D eigenvalue weighted by Crippen LogP contribution is 2.21. The highest BCUT2D eigenvalue weighted by atomic mass is 32.2. The molecule has 0 bridgehead atoms. The Morgan fingerprint density at radius 1 is 1.26 bits per heavy atom. The predicted octanol–water partition coefficient (Wildman–Crippen LogP) is 2.77. The van der Waals surface area contributed by atoms with E-state index in [-0.39, 0.29) is 6.61 Å². The van der Waals surface area contributed by atoms with Crippen molar-refractivity contribution >= 4 is 38.5 Å². The molecule has 144 valence electrons. The minimum atomic E-state index is -3.30. The van der Waals surface area contributed by atoms with Crippen LogP contribution < -0.4 is 9.46 Å². The van der Waals surface area contributed by atoms with Crippen LogP contribution in [0.5, 0.6) is 5.75 Å². The topological polar surface area (TPSA) is 104 Å². The van der Waals surface area contributed by atoms with Gasteiger partial charge in [-0.2, -0.15) is 0 Å². The third-order valence-corrected chi connectivity index (χ3v) is 5.25. The maximum Gasteiger partial charge on any atom is 0.229 e. The van der Waals surface area contributed by atoms with Crippen LogP contribution in [0.3, 0.4) is 0 Å². The van der Waals surface area contributed by atoms with Gasteiger partial charge in [-0.3, -0.25) is 4.72 Å².